The molecule has 7 heteroatoms. The minimum absolute atomic E-state index is 0. The van der Waals surface area contributed by atoms with Crippen LogP contribution in [-0.2, 0) is 21.1 Å². The fourth-order valence-corrected chi connectivity index (χ4v) is 5.84. The van der Waals surface area contributed by atoms with Crippen molar-refractivity contribution in [1.82, 2.24) is 9.88 Å². The van der Waals surface area contributed by atoms with Crippen molar-refractivity contribution in [3.8, 4) is 11.5 Å². The van der Waals surface area contributed by atoms with Gasteiger partial charge in [-0.25, -0.2) is 16.3 Å². The minimum atomic E-state index is 0. The van der Waals surface area contributed by atoms with E-state index in [0.717, 1.165) is 33.0 Å². The molecule has 2 aromatic heterocycles. The molecular formula is C33H23N4OPtS-3. The molecule has 200 valence electrons. The van der Waals surface area contributed by atoms with E-state index in [1.807, 2.05) is 96.7 Å². The summed E-state index contributed by atoms with van der Waals surface area (Å²) in [5, 5.41) is 2.30. The number of fused-ring (bicyclic) bond motifs is 3. The first-order valence-electron chi connectivity index (χ1n) is 12.6. The van der Waals surface area contributed by atoms with Gasteiger partial charge in [-0.2, -0.15) is 12.7 Å². The number of aromatic nitrogens is 1. The van der Waals surface area contributed by atoms with Crippen molar-refractivity contribution >= 4 is 54.4 Å². The molecule has 0 radical (unpaired) electrons. The zero-order valence-corrected chi connectivity index (χ0v) is 24.6. The SMILES string of the molecule is CN1C=CN(c2[c-]c(Oc3[c-]c(N(c4ccccc4)c4ccccn4)cc4c3sc3ccccc34)ccc2)[CH-]1.[Pt]. The van der Waals surface area contributed by atoms with Crippen LogP contribution >= 0.6 is 11.3 Å². The molecule has 4 aromatic carbocycles. The monoisotopic (exact) mass is 718 g/mol. The van der Waals surface area contributed by atoms with Crippen molar-refractivity contribution in [1.29, 1.82) is 0 Å². The van der Waals surface area contributed by atoms with Crippen molar-refractivity contribution < 1.29 is 25.8 Å². The van der Waals surface area contributed by atoms with Crippen LogP contribution in [0, 0.1) is 18.8 Å². The van der Waals surface area contributed by atoms with Gasteiger partial charge in [-0.05, 0) is 59.9 Å². The molecule has 7 rings (SSSR count). The van der Waals surface area contributed by atoms with E-state index in [1.165, 1.54) is 10.1 Å². The van der Waals surface area contributed by atoms with Gasteiger partial charge in [-0.1, -0.05) is 48.2 Å². The van der Waals surface area contributed by atoms with Crippen LogP contribution in [0.5, 0.6) is 11.5 Å². The average Bonchev–Trinajstić information content (AvgIpc) is 3.59. The Hall–Kier alpha value is -4.12. The topological polar surface area (TPSA) is 31.8 Å². The maximum absolute atomic E-state index is 6.58. The maximum Gasteiger partial charge on any atom is 0.135 e. The Morgan fingerprint density at radius 2 is 1.68 bits per heavy atom. The predicted molar refractivity (Wildman–Crippen MR) is 160 cm³/mol. The number of benzene rings is 4. The first-order chi connectivity index (χ1) is 19.2. The number of rotatable bonds is 6. The van der Waals surface area contributed by atoms with E-state index < -0.39 is 0 Å². The van der Waals surface area contributed by atoms with Gasteiger partial charge >= 0.3 is 0 Å². The normalized spacial score (nSPS) is 12.6. The number of hydrogen-bond donors (Lipinski definition) is 0. The summed E-state index contributed by atoms with van der Waals surface area (Å²) in [6.07, 6.45) is 5.80. The molecule has 5 nitrogen and oxygen atoms in total. The first-order valence-corrected chi connectivity index (χ1v) is 13.4. The minimum Gasteiger partial charge on any atom is -0.510 e. The third kappa shape index (κ3) is 4.97. The second kappa shape index (κ2) is 11.2. The van der Waals surface area contributed by atoms with Gasteiger partial charge in [0.05, 0.1) is 0 Å². The molecule has 3 heterocycles. The van der Waals surface area contributed by atoms with Crippen LogP contribution < -0.4 is 14.5 Å². The Kier molecular flexibility index (Phi) is 7.29. The van der Waals surface area contributed by atoms with Crippen molar-refractivity contribution in [3.63, 3.8) is 0 Å². The third-order valence-corrected chi connectivity index (χ3v) is 7.69. The van der Waals surface area contributed by atoms with Crippen LogP contribution in [0.1, 0.15) is 0 Å². The summed E-state index contributed by atoms with van der Waals surface area (Å²) in [5.41, 5.74) is 2.74. The molecule has 0 saturated carbocycles. The second-order valence-corrected chi connectivity index (χ2v) is 10.2. The number of anilines is 4. The Morgan fingerprint density at radius 1 is 0.850 bits per heavy atom. The number of para-hydroxylation sites is 1. The van der Waals surface area contributed by atoms with E-state index in [0.29, 0.717) is 11.5 Å². The summed E-state index contributed by atoms with van der Waals surface area (Å²) in [6.45, 7) is 2.00. The fourth-order valence-electron chi connectivity index (χ4n) is 4.72. The van der Waals surface area contributed by atoms with Crippen molar-refractivity contribution in [2.24, 2.45) is 0 Å². The van der Waals surface area contributed by atoms with Crippen LogP contribution in [-0.4, -0.2) is 16.9 Å². The Labute approximate surface area is 251 Å². The molecule has 0 saturated heterocycles. The van der Waals surface area contributed by atoms with Crippen molar-refractivity contribution in [3.05, 3.63) is 134 Å². The molecule has 1 aliphatic rings. The number of nitrogens with zero attached hydrogens (tertiary/aromatic N) is 4. The van der Waals surface area contributed by atoms with E-state index in [2.05, 4.69) is 64.5 Å². The van der Waals surface area contributed by atoms with Crippen LogP contribution in [0.15, 0.2) is 116 Å². The second-order valence-electron chi connectivity index (χ2n) is 9.17. The van der Waals surface area contributed by atoms with Gasteiger partial charge in [0, 0.05) is 49.1 Å². The molecule has 0 aliphatic carbocycles. The van der Waals surface area contributed by atoms with E-state index in [9.17, 15) is 0 Å². The number of pyridine rings is 1. The van der Waals surface area contributed by atoms with Crippen LogP contribution in [0.2, 0.25) is 0 Å². The van der Waals surface area contributed by atoms with Crippen molar-refractivity contribution in [2.45, 2.75) is 0 Å². The Bertz CT molecular complexity index is 1770. The summed E-state index contributed by atoms with van der Waals surface area (Å²) in [6, 6.07) is 39.7. The Balaban J connectivity index is 0.00000289. The number of ether oxygens (including phenoxy) is 1. The summed E-state index contributed by atoms with van der Waals surface area (Å²) in [5.74, 6) is 2.09. The average molecular weight is 719 g/mol. The molecule has 0 atom stereocenters. The quantitative estimate of drug-likeness (QED) is 0.161. The van der Waals surface area contributed by atoms with Gasteiger partial charge in [0.2, 0.25) is 0 Å². The van der Waals surface area contributed by atoms with Gasteiger partial charge < -0.3 is 19.4 Å². The summed E-state index contributed by atoms with van der Waals surface area (Å²) < 4.78 is 8.83. The van der Waals surface area contributed by atoms with Gasteiger partial charge in [0.15, 0.2) is 0 Å². The molecule has 0 spiro atoms. The predicted octanol–water partition coefficient (Wildman–Crippen LogP) is 8.65. The zero-order valence-electron chi connectivity index (χ0n) is 21.5. The summed E-state index contributed by atoms with van der Waals surface area (Å²) in [7, 11) is 2.00. The summed E-state index contributed by atoms with van der Waals surface area (Å²) in [4.78, 5) is 10.8. The van der Waals surface area contributed by atoms with Crippen LogP contribution in [0.4, 0.5) is 22.9 Å². The molecular weight excluding hydrogens is 696 g/mol. The molecule has 40 heavy (non-hydrogen) atoms. The standard InChI is InChI=1S/C33H23N4OS.Pt/c1-35-18-19-36(23-35)25-12-9-13-27(20-25)38-30-22-26(21-29-28-14-5-6-15-31(28)39-33(29)30)37(24-10-3-2-4-11-24)32-16-7-8-17-34-32;/h2-19,21,23H,1H3;/q-3;. The zero-order chi connectivity index (χ0) is 26.2. The first kappa shape index (κ1) is 26.1. The molecule has 0 fully saturated rings. The number of thiophene rings is 1. The van der Waals surface area contributed by atoms with E-state index in [4.69, 9.17) is 4.74 Å². The van der Waals surface area contributed by atoms with E-state index in [1.54, 1.807) is 11.3 Å². The molecule has 0 amide bonds. The van der Waals surface area contributed by atoms with Gasteiger partial charge in [0.25, 0.3) is 0 Å². The molecule has 0 unspecified atom stereocenters. The maximum atomic E-state index is 6.58. The van der Waals surface area contributed by atoms with Crippen LogP contribution in [0.25, 0.3) is 20.2 Å². The van der Waals surface area contributed by atoms with Gasteiger partial charge in [-0.15, -0.1) is 41.4 Å². The smallest absolute Gasteiger partial charge is 0.135 e. The summed E-state index contributed by atoms with van der Waals surface area (Å²) >= 11 is 1.71. The van der Waals surface area contributed by atoms with Gasteiger partial charge in [-0.3, -0.25) is 0 Å². The van der Waals surface area contributed by atoms with E-state index >= 15 is 0 Å². The van der Waals surface area contributed by atoms with E-state index in [-0.39, 0.29) is 21.1 Å². The van der Waals surface area contributed by atoms with Gasteiger partial charge in [0.1, 0.15) is 5.82 Å². The largest absolute Gasteiger partial charge is 0.510 e. The molecule has 0 bridgehead atoms. The molecule has 1 aliphatic heterocycles. The van der Waals surface area contributed by atoms with Crippen molar-refractivity contribution in [2.75, 3.05) is 16.8 Å². The third-order valence-electron chi connectivity index (χ3n) is 6.51. The van der Waals surface area contributed by atoms with Crippen LogP contribution in [0.3, 0.4) is 0 Å². The molecule has 6 aromatic rings. The Morgan fingerprint density at radius 3 is 2.48 bits per heavy atom. The fraction of sp³-hybridized carbons (Fsp3) is 0.0303. The number of hydrogen-bond acceptors (Lipinski definition) is 6. The molecule has 0 N–H and O–H groups in total.